The third kappa shape index (κ3) is 4.82. The minimum atomic E-state index is -3.30. The predicted octanol–water partition coefficient (Wildman–Crippen LogP) is 2.14. The third-order valence-corrected chi connectivity index (χ3v) is 7.14. The summed E-state index contributed by atoms with van der Waals surface area (Å²) in [4.78, 5) is 27.7. The Labute approximate surface area is 166 Å². The van der Waals surface area contributed by atoms with Gasteiger partial charge in [-0.1, -0.05) is 0 Å². The molecule has 8 nitrogen and oxygen atoms in total. The second kappa shape index (κ2) is 8.48. The molecule has 0 atom stereocenters. The van der Waals surface area contributed by atoms with Crippen molar-refractivity contribution in [2.45, 2.75) is 50.8 Å². The van der Waals surface area contributed by atoms with E-state index in [-0.39, 0.29) is 18.0 Å². The number of rotatable bonds is 5. The van der Waals surface area contributed by atoms with Gasteiger partial charge in [-0.2, -0.15) is 0 Å². The van der Waals surface area contributed by atoms with Crippen LogP contribution in [-0.4, -0.2) is 56.2 Å². The van der Waals surface area contributed by atoms with Gasteiger partial charge in [0, 0.05) is 43.5 Å². The topological polar surface area (TPSA) is 98.8 Å². The molecular formula is C19H28N4O4S. The summed E-state index contributed by atoms with van der Waals surface area (Å²) >= 11 is 0. The van der Waals surface area contributed by atoms with Crippen molar-refractivity contribution in [2.24, 2.45) is 0 Å². The number of hydrogen-bond donors (Lipinski definition) is 2. The van der Waals surface area contributed by atoms with Gasteiger partial charge in [-0.25, -0.2) is 17.9 Å². The number of anilines is 2. The van der Waals surface area contributed by atoms with Crippen LogP contribution in [0.2, 0.25) is 0 Å². The summed E-state index contributed by atoms with van der Waals surface area (Å²) in [6.07, 6.45) is 2.65. The summed E-state index contributed by atoms with van der Waals surface area (Å²) < 4.78 is 26.7. The van der Waals surface area contributed by atoms with E-state index in [1.807, 2.05) is 12.1 Å². The zero-order valence-corrected chi connectivity index (χ0v) is 17.2. The summed E-state index contributed by atoms with van der Waals surface area (Å²) in [7, 11) is -3.30. The lowest BCUT2D eigenvalue weighted by atomic mass is 10.1. The van der Waals surface area contributed by atoms with Crippen molar-refractivity contribution < 1.29 is 18.0 Å². The lowest BCUT2D eigenvalue weighted by Gasteiger charge is -2.32. The molecule has 2 aliphatic rings. The van der Waals surface area contributed by atoms with Crippen molar-refractivity contribution in [3.63, 3.8) is 0 Å². The Kier molecular flexibility index (Phi) is 6.24. The Bertz CT molecular complexity index is 815. The summed E-state index contributed by atoms with van der Waals surface area (Å²) in [5.41, 5.74) is 1.52. The molecule has 0 aliphatic carbocycles. The first-order valence-electron chi connectivity index (χ1n) is 9.74. The standard InChI is InChI=1S/C19H28N4O4S/c1-14(2)28(26,27)21-16-9-12-22(13-10-16)19(25)20-15-5-7-17(8-6-15)23-11-3-4-18(23)24/h5-8,14,16,21H,3-4,9-13H2,1-2H3,(H,20,25). The zero-order valence-electron chi connectivity index (χ0n) is 16.3. The van der Waals surface area contributed by atoms with E-state index in [1.165, 1.54) is 0 Å². The lowest BCUT2D eigenvalue weighted by molar-refractivity contribution is -0.117. The van der Waals surface area contributed by atoms with Crippen molar-refractivity contribution in [2.75, 3.05) is 29.9 Å². The quantitative estimate of drug-likeness (QED) is 0.780. The average molecular weight is 409 g/mol. The van der Waals surface area contributed by atoms with Gasteiger partial charge in [0.25, 0.3) is 0 Å². The van der Waals surface area contributed by atoms with Crippen LogP contribution >= 0.6 is 0 Å². The van der Waals surface area contributed by atoms with Crippen molar-refractivity contribution in [3.05, 3.63) is 24.3 Å². The highest BCUT2D eigenvalue weighted by molar-refractivity contribution is 7.90. The van der Waals surface area contributed by atoms with Gasteiger partial charge >= 0.3 is 6.03 Å². The number of carbonyl (C=O) groups excluding carboxylic acids is 2. The highest BCUT2D eigenvalue weighted by Crippen LogP contribution is 2.23. The molecule has 0 radical (unpaired) electrons. The second-order valence-electron chi connectivity index (χ2n) is 7.60. The van der Waals surface area contributed by atoms with E-state index in [1.54, 1.807) is 35.8 Å². The van der Waals surface area contributed by atoms with Crippen LogP contribution in [0.25, 0.3) is 0 Å². The normalized spacial score (nSPS) is 18.8. The van der Waals surface area contributed by atoms with Gasteiger partial charge < -0.3 is 15.1 Å². The number of urea groups is 1. The Morgan fingerprint density at radius 1 is 1.11 bits per heavy atom. The first kappa shape index (κ1) is 20.6. The number of sulfonamides is 1. The summed E-state index contributed by atoms with van der Waals surface area (Å²) in [6.45, 7) is 5.03. The number of likely N-dealkylation sites (tertiary alicyclic amines) is 1. The van der Waals surface area contributed by atoms with Crippen LogP contribution in [0.4, 0.5) is 16.2 Å². The molecule has 2 heterocycles. The highest BCUT2D eigenvalue weighted by atomic mass is 32.2. The van der Waals surface area contributed by atoms with Gasteiger partial charge in [0.05, 0.1) is 5.25 Å². The third-order valence-electron chi connectivity index (χ3n) is 5.24. The molecule has 1 aromatic rings. The minimum absolute atomic E-state index is 0.131. The number of nitrogens with zero attached hydrogens (tertiary/aromatic N) is 2. The van der Waals surface area contributed by atoms with Crippen LogP contribution in [0.5, 0.6) is 0 Å². The molecule has 0 saturated carbocycles. The fourth-order valence-electron chi connectivity index (χ4n) is 3.42. The summed E-state index contributed by atoms with van der Waals surface area (Å²) in [5, 5.41) is 2.40. The monoisotopic (exact) mass is 408 g/mol. The van der Waals surface area contributed by atoms with E-state index in [0.29, 0.717) is 38.0 Å². The Morgan fingerprint density at radius 2 is 1.75 bits per heavy atom. The fourth-order valence-corrected chi connectivity index (χ4v) is 4.39. The SMILES string of the molecule is CC(C)S(=O)(=O)NC1CCN(C(=O)Nc2ccc(N3CCCC3=O)cc2)CC1. The van der Waals surface area contributed by atoms with E-state index in [2.05, 4.69) is 10.0 Å². The predicted molar refractivity (Wildman–Crippen MR) is 109 cm³/mol. The fraction of sp³-hybridized carbons (Fsp3) is 0.579. The van der Waals surface area contributed by atoms with Gasteiger partial charge in [0.15, 0.2) is 0 Å². The molecule has 0 spiro atoms. The average Bonchev–Trinajstić information content (AvgIpc) is 3.08. The maximum atomic E-state index is 12.5. The molecule has 9 heteroatoms. The number of hydrogen-bond acceptors (Lipinski definition) is 4. The van der Waals surface area contributed by atoms with Crippen LogP contribution in [-0.2, 0) is 14.8 Å². The van der Waals surface area contributed by atoms with Crippen molar-refractivity contribution in [1.82, 2.24) is 9.62 Å². The number of nitrogens with one attached hydrogen (secondary N) is 2. The molecule has 3 rings (SSSR count). The first-order chi connectivity index (χ1) is 13.3. The van der Waals surface area contributed by atoms with Crippen molar-refractivity contribution in [1.29, 1.82) is 0 Å². The molecule has 0 aromatic heterocycles. The Morgan fingerprint density at radius 3 is 2.29 bits per heavy atom. The Balaban J connectivity index is 1.50. The largest absolute Gasteiger partial charge is 0.324 e. The van der Waals surface area contributed by atoms with Crippen LogP contribution in [0.1, 0.15) is 39.5 Å². The van der Waals surface area contributed by atoms with Crippen molar-refractivity contribution in [3.8, 4) is 0 Å². The van der Waals surface area contributed by atoms with E-state index >= 15 is 0 Å². The molecule has 28 heavy (non-hydrogen) atoms. The molecule has 154 valence electrons. The van der Waals surface area contributed by atoms with Crippen LogP contribution in [0, 0.1) is 0 Å². The van der Waals surface area contributed by atoms with E-state index in [4.69, 9.17) is 0 Å². The maximum Gasteiger partial charge on any atom is 0.321 e. The zero-order chi connectivity index (χ0) is 20.3. The van der Waals surface area contributed by atoms with Crippen LogP contribution in [0.15, 0.2) is 24.3 Å². The molecule has 1 aromatic carbocycles. The molecule has 0 bridgehead atoms. The lowest BCUT2D eigenvalue weighted by Crippen LogP contribution is -2.48. The van der Waals surface area contributed by atoms with E-state index in [0.717, 1.165) is 18.7 Å². The molecule has 2 fully saturated rings. The van der Waals surface area contributed by atoms with Gasteiger partial charge in [0.1, 0.15) is 0 Å². The van der Waals surface area contributed by atoms with Gasteiger partial charge in [-0.05, 0) is 57.4 Å². The first-order valence-corrected chi connectivity index (χ1v) is 11.3. The van der Waals surface area contributed by atoms with E-state index in [9.17, 15) is 18.0 Å². The van der Waals surface area contributed by atoms with Crippen LogP contribution in [0.3, 0.4) is 0 Å². The molecule has 3 amide bonds. The molecule has 2 saturated heterocycles. The molecule has 0 unspecified atom stereocenters. The number of benzene rings is 1. The molecule has 2 N–H and O–H groups in total. The van der Waals surface area contributed by atoms with Gasteiger partial charge in [0.2, 0.25) is 15.9 Å². The molecular weight excluding hydrogens is 380 g/mol. The Hall–Kier alpha value is -2.13. The molecule has 2 aliphatic heterocycles. The van der Waals surface area contributed by atoms with Gasteiger partial charge in [-0.15, -0.1) is 0 Å². The smallest absolute Gasteiger partial charge is 0.321 e. The number of piperidine rings is 1. The minimum Gasteiger partial charge on any atom is -0.324 e. The highest BCUT2D eigenvalue weighted by Gasteiger charge is 2.27. The number of carbonyl (C=O) groups is 2. The van der Waals surface area contributed by atoms with Crippen molar-refractivity contribution >= 4 is 33.3 Å². The second-order valence-corrected chi connectivity index (χ2v) is 9.87. The van der Waals surface area contributed by atoms with Gasteiger partial charge in [-0.3, -0.25) is 4.79 Å². The summed E-state index contributed by atoms with van der Waals surface area (Å²) in [5.74, 6) is 0.132. The summed E-state index contributed by atoms with van der Waals surface area (Å²) in [6, 6.07) is 6.94. The van der Waals surface area contributed by atoms with E-state index < -0.39 is 15.3 Å². The maximum absolute atomic E-state index is 12.5. The number of amides is 3. The van der Waals surface area contributed by atoms with Crippen LogP contribution < -0.4 is 14.9 Å².